The van der Waals surface area contributed by atoms with Gasteiger partial charge in [-0.05, 0) is 18.8 Å². The van der Waals surface area contributed by atoms with Crippen molar-refractivity contribution < 1.29 is 4.79 Å². The van der Waals surface area contributed by atoms with Crippen LogP contribution in [-0.2, 0) is 12.5 Å². The molecule has 26 heavy (non-hydrogen) atoms. The minimum absolute atomic E-state index is 0.0412. The Morgan fingerprint density at radius 2 is 2.00 bits per heavy atom. The van der Waals surface area contributed by atoms with E-state index in [0.717, 1.165) is 42.6 Å². The summed E-state index contributed by atoms with van der Waals surface area (Å²) in [5, 5.41) is 14.9. The maximum absolute atomic E-state index is 12.5. The Hall–Kier alpha value is -1.96. The first kappa shape index (κ1) is 18.8. The van der Waals surface area contributed by atoms with Crippen LogP contribution < -0.4 is 4.90 Å². The normalized spacial score (nSPS) is 16.1. The van der Waals surface area contributed by atoms with Crippen molar-refractivity contribution >= 4 is 22.4 Å². The van der Waals surface area contributed by atoms with Gasteiger partial charge in [0.25, 0.3) is 5.91 Å². The Morgan fingerprint density at radius 1 is 1.31 bits per heavy atom. The SMILES string of the molecule is CN(CC1CCN(c2nnc(C(C)(C)C)s2)CC1)C(=O)c1cnn(C)c1. The van der Waals surface area contributed by atoms with Crippen LogP contribution in [-0.4, -0.2) is 57.5 Å². The van der Waals surface area contributed by atoms with Crippen LogP contribution in [0.4, 0.5) is 5.13 Å². The molecule has 0 N–H and O–H groups in total. The molecule has 1 amide bonds. The van der Waals surface area contributed by atoms with Crippen LogP contribution in [0.5, 0.6) is 0 Å². The summed E-state index contributed by atoms with van der Waals surface area (Å²) >= 11 is 1.70. The number of piperidine rings is 1. The molecule has 0 atom stereocenters. The van der Waals surface area contributed by atoms with Crippen molar-refractivity contribution in [2.75, 3.05) is 31.6 Å². The van der Waals surface area contributed by atoms with Gasteiger partial charge in [0.15, 0.2) is 0 Å². The van der Waals surface area contributed by atoms with Gasteiger partial charge < -0.3 is 9.80 Å². The summed E-state index contributed by atoms with van der Waals surface area (Å²) in [6.07, 6.45) is 5.53. The van der Waals surface area contributed by atoms with Crippen molar-refractivity contribution in [2.24, 2.45) is 13.0 Å². The molecule has 0 aliphatic carbocycles. The fourth-order valence-electron chi connectivity index (χ4n) is 3.18. The monoisotopic (exact) mass is 376 g/mol. The molecule has 0 unspecified atom stereocenters. The highest BCUT2D eigenvalue weighted by atomic mass is 32.1. The van der Waals surface area contributed by atoms with Crippen LogP contribution in [0.2, 0.25) is 0 Å². The second-order valence-electron chi connectivity index (χ2n) is 8.16. The van der Waals surface area contributed by atoms with Gasteiger partial charge in [-0.3, -0.25) is 9.48 Å². The molecule has 0 bridgehead atoms. The molecule has 3 rings (SSSR count). The molecule has 0 radical (unpaired) electrons. The quantitative estimate of drug-likeness (QED) is 0.820. The number of nitrogens with zero attached hydrogens (tertiary/aromatic N) is 6. The van der Waals surface area contributed by atoms with Gasteiger partial charge in [-0.25, -0.2) is 0 Å². The summed E-state index contributed by atoms with van der Waals surface area (Å²) in [7, 11) is 3.70. The van der Waals surface area contributed by atoms with Crippen molar-refractivity contribution in [1.82, 2.24) is 24.9 Å². The Balaban J connectivity index is 1.52. The Bertz CT molecular complexity index is 754. The Kier molecular flexibility index (Phi) is 5.32. The lowest BCUT2D eigenvalue weighted by Gasteiger charge is -2.33. The van der Waals surface area contributed by atoms with Crippen LogP contribution in [0.25, 0.3) is 0 Å². The third-order valence-electron chi connectivity index (χ3n) is 4.77. The summed E-state index contributed by atoms with van der Waals surface area (Å²) in [5.41, 5.74) is 0.694. The second-order valence-corrected chi connectivity index (χ2v) is 9.11. The molecule has 7 nitrogen and oxygen atoms in total. The maximum atomic E-state index is 12.5. The molecule has 0 saturated carbocycles. The van der Waals surface area contributed by atoms with E-state index < -0.39 is 0 Å². The molecule has 142 valence electrons. The van der Waals surface area contributed by atoms with Crippen LogP contribution in [0.15, 0.2) is 12.4 Å². The zero-order valence-electron chi connectivity index (χ0n) is 16.3. The van der Waals surface area contributed by atoms with Crippen molar-refractivity contribution in [3.8, 4) is 0 Å². The highest BCUT2D eigenvalue weighted by molar-refractivity contribution is 7.15. The lowest BCUT2D eigenvalue weighted by Crippen LogP contribution is -2.39. The van der Waals surface area contributed by atoms with Gasteiger partial charge in [0.1, 0.15) is 5.01 Å². The van der Waals surface area contributed by atoms with Gasteiger partial charge >= 0.3 is 0 Å². The van der Waals surface area contributed by atoms with Gasteiger partial charge in [-0.1, -0.05) is 32.1 Å². The number of amides is 1. The highest BCUT2D eigenvalue weighted by Gasteiger charge is 2.26. The summed E-state index contributed by atoms with van der Waals surface area (Å²) in [6.45, 7) is 9.22. The molecule has 8 heteroatoms. The fourth-order valence-corrected chi connectivity index (χ4v) is 4.13. The molecule has 0 spiro atoms. The lowest BCUT2D eigenvalue weighted by molar-refractivity contribution is 0.0765. The van der Waals surface area contributed by atoms with E-state index >= 15 is 0 Å². The van der Waals surface area contributed by atoms with Crippen molar-refractivity contribution in [3.05, 3.63) is 23.0 Å². The van der Waals surface area contributed by atoms with E-state index in [4.69, 9.17) is 0 Å². The zero-order valence-corrected chi connectivity index (χ0v) is 17.1. The van der Waals surface area contributed by atoms with Gasteiger partial charge in [0, 0.05) is 45.3 Å². The molecule has 0 aromatic carbocycles. The van der Waals surface area contributed by atoms with E-state index in [-0.39, 0.29) is 11.3 Å². The first-order valence-electron chi connectivity index (χ1n) is 9.07. The Labute approximate surface area is 159 Å². The molecular formula is C18H28N6OS. The number of aromatic nitrogens is 4. The molecule has 2 aromatic rings. The van der Waals surface area contributed by atoms with Crippen molar-refractivity contribution in [3.63, 3.8) is 0 Å². The van der Waals surface area contributed by atoms with Crippen molar-refractivity contribution in [2.45, 2.75) is 39.0 Å². The largest absolute Gasteiger partial charge is 0.347 e. The van der Waals surface area contributed by atoms with E-state index in [1.54, 1.807) is 28.4 Å². The summed E-state index contributed by atoms with van der Waals surface area (Å²) < 4.78 is 1.66. The van der Waals surface area contributed by atoms with E-state index in [2.05, 4.69) is 41.0 Å². The van der Waals surface area contributed by atoms with Crippen LogP contribution >= 0.6 is 11.3 Å². The number of rotatable bonds is 4. The molecule has 2 aromatic heterocycles. The van der Waals surface area contributed by atoms with Gasteiger partial charge in [0.2, 0.25) is 5.13 Å². The number of hydrogen-bond donors (Lipinski definition) is 0. The predicted octanol–water partition coefficient (Wildman–Crippen LogP) is 2.56. The first-order chi connectivity index (χ1) is 12.2. The third-order valence-corrected chi connectivity index (χ3v) is 6.18. The predicted molar refractivity (Wildman–Crippen MR) is 104 cm³/mol. The molecule has 1 fully saturated rings. The minimum Gasteiger partial charge on any atom is -0.347 e. The zero-order chi connectivity index (χ0) is 18.9. The maximum Gasteiger partial charge on any atom is 0.256 e. The summed E-state index contributed by atoms with van der Waals surface area (Å²) in [4.78, 5) is 16.6. The smallest absolute Gasteiger partial charge is 0.256 e. The van der Waals surface area contributed by atoms with Crippen molar-refractivity contribution in [1.29, 1.82) is 0 Å². The number of anilines is 1. The number of aryl methyl sites for hydroxylation is 1. The van der Waals surface area contributed by atoms with E-state index in [1.165, 1.54) is 0 Å². The minimum atomic E-state index is 0.0412. The van der Waals surface area contributed by atoms with Gasteiger partial charge in [-0.15, -0.1) is 10.2 Å². The molecule has 1 aliphatic rings. The first-order valence-corrected chi connectivity index (χ1v) is 9.88. The molecule has 1 saturated heterocycles. The summed E-state index contributed by atoms with van der Waals surface area (Å²) in [5.74, 6) is 0.561. The number of hydrogen-bond acceptors (Lipinski definition) is 6. The highest BCUT2D eigenvalue weighted by Crippen LogP contribution is 2.32. The van der Waals surface area contributed by atoms with Crippen LogP contribution in [0.3, 0.4) is 0 Å². The van der Waals surface area contributed by atoms with Gasteiger partial charge in [-0.2, -0.15) is 5.10 Å². The van der Waals surface area contributed by atoms with Crippen LogP contribution in [0.1, 0.15) is 49.0 Å². The second kappa shape index (κ2) is 7.34. The number of carbonyl (C=O) groups excluding carboxylic acids is 1. The standard InChI is InChI=1S/C18H28N6OS/c1-18(2,3)16-20-21-17(26-16)24-8-6-13(7-9-24)11-22(4)15(25)14-10-19-23(5)12-14/h10,12-13H,6-9,11H2,1-5H3. The molecular weight excluding hydrogens is 348 g/mol. The third kappa shape index (κ3) is 4.23. The van der Waals surface area contributed by atoms with Gasteiger partial charge in [0.05, 0.1) is 11.8 Å². The average Bonchev–Trinajstić information content (AvgIpc) is 3.23. The summed E-state index contributed by atoms with van der Waals surface area (Å²) in [6, 6.07) is 0. The number of carbonyl (C=O) groups is 1. The fraction of sp³-hybridized carbons (Fsp3) is 0.667. The van der Waals surface area contributed by atoms with E-state index in [1.807, 2.05) is 19.0 Å². The van der Waals surface area contributed by atoms with Crippen LogP contribution in [0, 0.1) is 5.92 Å². The molecule has 3 heterocycles. The molecule has 1 aliphatic heterocycles. The van der Waals surface area contributed by atoms with E-state index in [9.17, 15) is 4.79 Å². The average molecular weight is 377 g/mol. The lowest BCUT2D eigenvalue weighted by atomic mass is 9.96. The Morgan fingerprint density at radius 3 is 2.54 bits per heavy atom. The van der Waals surface area contributed by atoms with E-state index in [0.29, 0.717) is 11.5 Å². The topological polar surface area (TPSA) is 67.2 Å².